The number of hydrogen-bond acceptors (Lipinski definition) is 6. The Morgan fingerprint density at radius 3 is 2.69 bits per heavy atom. The number of allylic oxidation sites excluding steroid dienone is 1. The number of aryl methyl sites for hydroxylation is 1. The van der Waals surface area contributed by atoms with Gasteiger partial charge in [-0.2, -0.15) is 5.10 Å². The van der Waals surface area contributed by atoms with Gasteiger partial charge in [-0.15, -0.1) is 0 Å². The monoisotopic (exact) mass is 481 g/mol. The molecule has 2 aromatic heterocycles. The summed E-state index contributed by atoms with van der Waals surface area (Å²) in [4.78, 5) is 42.6. The number of anilines is 1. The van der Waals surface area contributed by atoms with Gasteiger partial charge in [-0.25, -0.2) is 4.98 Å². The number of unbranched alkanes of at least 4 members (excludes halogenated alkanes) is 1. The zero-order valence-corrected chi connectivity index (χ0v) is 20.6. The number of carbonyl (C=O) groups is 3. The van der Waals surface area contributed by atoms with Crippen LogP contribution < -0.4 is 21.7 Å². The van der Waals surface area contributed by atoms with Gasteiger partial charge in [-0.05, 0) is 55.9 Å². The van der Waals surface area contributed by atoms with Gasteiger partial charge in [0.25, 0.3) is 5.91 Å². The van der Waals surface area contributed by atoms with Crippen LogP contribution in [0.15, 0.2) is 30.5 Å². The van der Waals surface area contributed by atoms with Gasteiger partial charge in [-0.1, -0.05) is 32.9 Å². The van der Waals surface area contributed by atoms with Gasteiger partial charge in [0.1, 0.15) is 11.9 Å². The van der Waals surface area contributed by atoms with E-state index < -0.39 is 29.2 Å². The SMILES string of the molecule is CC(C)(C)[C@H](NC(=O)c1nn(CCCCN)c2c1CCC=C2)C(=O)NCC(=O)Nc1ccccn1. The summed E-state index contributed by atoms with van der Waals surface area (Å²) in [7, 11) is 0. The molecule has 0 radical (unpaired) electrons. The summed E-state index contributed by atoms with van der Waals surface area (Å²) >= 11 is 0. The molecule has 0 aromatic carbocycles. The molecule has 35 heavy (non-hydrogen) atoms. The summed E-state index contributed by atoms with van der Waals surface area (Å²) < 4.78 is 1.85. The maximum atomic E-state index is 13.3. The van der Waals surface area contributed by atoms with Crippen molar-refractivity contribution in [3.63, 3.8) is 0 Å². The van der Waals surface area contributed by atoms with Crippen LogP contribution in [0.25, 0.3) is 6.08 Å². The van der Waals surface area contributed by atoms with Gasteiger partial charge in [0.05, 0.1) is 12.2 Å². The summed E-state index contributed by atoms with van der Waals surface area (Å²) in [5.74, 6) is -0.860. The molecule has 3 rings (SSSR count). The third kappa shape index (κ3) is 6.98. The minimum Gasteiger partial charge on any atom is -0.345 e. The van der Waals surface area contributed by atoms with Crippen molar-refractivity contribution in [2.75, 3.05) is 18.4 Å². The maximum absolute atomic E-state index is 13.3. The summed E-state index contributed by atoms with van der Waals surface area (Å²) in [5, 5.41) is 12.7. The first kappa shape index (κ1) is 26.1. The van der Waals surface area contributed by atoms with Gasteiger partial charge in [-0.3, -0.25) is 19.1 Å². The Kier molecular flexibility index (Phi) is 8.75. The molecule has 188 valence electrons. The molecule has 1 aliphatic carbocycles. The van der Waals surface area contributed by atoms with Crippen molar-refractivity contribution < 1.29 is 14.4 Å². The number of nitrogens with zero attached hydrogens (tertiary/aromatic N) is 3. The van der Waals surface area contributed by atoms with Crippen LogP contribution in [0.2, 0.25) is 0 Å². The number of fused-ring (bicyclic) bond motifs is 1. The molecule has 1 atom stereocenters. The van der Waals surface area contributed by atoms with E-state index in [1.807, 2.05) is 31.5 Å². The van der Waals surface area contributed by atoms with Crippen LogP contribution in [-0.4, -0.2) is 51.6 Å². The molecule has 10 nitrogen and oxygen atoms in total. The normalized spacial score (nSPS) is 13.6. The molecule has 0 aliphatic heterocycles. The second kappa shape index (κ2) is 11.7. The van der Waals surface area contributed by atoms with Crippen molar-refractivity contribution in [1.29, 1.82) is 0 Å². The Morgan fingerprint density at radius 1 is 1.20 bits per heavy atom. The fourth-order valence-corrected chi connectivity index (χ4v) is 3.89. The van der Waals surface area contributed by atoms with Gasteiger partial charge >= 0.3 is 0 Å². The summed E-state index contributed by atoms with van der Waals surface area (Å²) in [5.41, 5.74) is 7.18. The fourth-order valence-electron chi connectivity index (χ4n) is 3.89. The number of amides is 3. The fraction of sp³-hybridized carbons (Fsp3) is 0.480. The van der Waals surface area contributed by atoms with Crippen molar-refractivity contribution in [2.24, 2.45) is 11.1 Å². The quantitative estimate of drug-likeness (QED) is 0.381. The van der Waals surface area contributed by atoms with Crippen LogP contribution in [0.3, 0.4) is 0 Å². The third-order valence-electron chi connectivity index (χ3n) is 5.73. The molecule has 0 saturated carbocycles. The second-order valence-corrected chi connectivity index (χ2v) is 9.63. The van der Waals surface area contributed by atoms with Crippen LogP contribution in [0.5, 0.6) is 0 Å². The highest BCUT2D eigenvalue weighted by atomic mass is 16.2. The molecule has 10 heteroatoms. The Hall–Kier alpha value is -3.53. The van der Waals surface area contributed by atoms with Gasteiger partial charge in [0.2, 0.25) is 11.8 Å². The molecule has 0 saturated heterocycles. The third-order valence-corrected chi connectivity index (χ3v) is 5.73. The van der Waals surface area contributed by atoms with Crippen molar-refractivity contribution in [3.05, 3.63) is 47.4 Å². The van der Waals surface area contributed by atoms with Crippen molar-refractivity contribution in [1.82, 2.24) is 25.4 Å². The van der Waals surface area contributed by atoms with Crippen LogP contribution in [0, 0.1) is 5.41 Å². The lowest BCUT2D eigenvalue weighted by Crippen LogP contribution is -2.54. The minimum absolute atomic E-state index is 0.242. The number of hydrogen-bond donors (Lipinski definition) is 4. The Labute approximate surface area is 205 Å². The van der Waals surface area contributed by atoms with Crippen molar-refractivity contribution in [2.45, 2.75) is 59.0 Å². The van der Waals surface area contributed by atoms with Gasteiger partial charge < -0.3 is 21.7 Å². The smallest absolute Gasteiger partial charge is 0.272 e. The maximum Gasteiger partial charge on any atom is 0.272 e. The first-order valence-corrected chi connectivity index (χ1v) is 12.0. The van der Waals surface area contributed by atoms with E-state index in [4.69, 9.17) is 5.73 Å². The van der Waals surface area contributed by atoms with Crippen LogP contribution in [0.4, 0.5) is 5.82 Å². The summed E-state index contributed by atoms with van der Waals surface area (Å²) in [6.45, 7) is 6.60. The number of pyridine rings is 1. The standard InChI is InChI=1S/C25H35N7O3/c1-25(2,3)22(24(35)28-16-20(33)29-19-12-6-8-14-27-19)30-23(34)21-17-10-4-5-11-18(17)32(31-21)15-9-7-13-26/h5-6,8,11-12,14,22H,4,7,9-10,13,15-16,26H2,1-3H3,(H,28,35)(H,30,34)(H,27,29,33)/t22-/m1/s1. The molecule has 0 bridgehead atoms. The van der Waals surface area contributed by atoms with E-state index in [0.717, 1.165) is 30.5 Å². The van der Waals surface area contributed by atoms with Crippen LogP contribution in [0.1, 0.15) is 61.8 Å². The Bertz CT molecular complexity index is 1070. The molecular weight excluding hydrogens is 446 g/mol. The van der Waals surface area contributed by atoms with E-state index in [9.17, 15) is 14.4 Å². The van der Waals surface area contributed by atoms with E-state index in [0.29, 0.717) is 31.0 Å². The molecule has 3 amide bonds. The highest BCUT2D eigenvalue weighted by molar-refractivity contribution is 5.99. The lowest BCUT2D eigenvalue weighted by molar-refractivity contribution is -0.127. The highest BCUT2D eigenvalue weighted by Gasteiger charge is 2.35. The number of aromatic nitrogens is 3. The first-order chi connectivity index (χ1) is 16.7. The van der Waals surface area contributed by atoms with Crippen molar-refractivity contribution in [3.8, 4) is 0 Å². The average Bonchev–Trinajstić information content (AvgIpc) is 3.20. The lowest BCUT2D eigenvalue weighted by atomic mass is 9.86. The first-order valence-electron chi connectivity index (χ1n) is 12.0. The van der Waals surface area contributed by atoms with Gasteiger partial charge in [0.15, 0.2) is 5.69 Å². The van der Waals surface area contributed by atoms with Crippen molar-refractivity contribution >= 4 is 29.6 Å². The Morgan fingerprint density at radius 2 is 2.00 bits per heavy atom. The number of nitrogens with one attached hydrogen (secondary N) is 3. The topological polar surface area (TPSA) is 144 Å². The van der Waals surface area contributed by atoms with E-state index in [2.05, 4.69) is 32.1 Å². The number of nitrogens with two attached hydrogens (primary N) is 1. The Balaban J connectivity index is 1.69. The molecule has 2 heterocycles. The van der Waals surface area contributed by atoms with E-state index >= 15 is 0 Å². The number of carbonyl (C=O) groups excluding carboxylic acids is 3. The predicted octanol–water partition coefficient (Wildman–Crippen LogP) is 1.88. The molecule has 1 aliphatic rings. The van der Waals surface area contributed by atoms with Gasteiger partial charge in [0, 0.05) is 18.3 Å². The predicted molar refractivity (Wildman–Crippen MR) is 134 cm³/mol. The summed E-state index contributed by atoms with van der Waals surface area (Å²) in [6, 6.07) is 4.28. The molecule has 5 N–H and O–H groups in total. The lowest BCUT2D eigenvalue weighted by Gasteiger charge is -2.30. The molecular formula is C25H35N7O3. The largest absolute Gasteiger partial charge is 0.345 e. The highest BCUT2D eigenvalue weighted by Crippen LogP contribution is 2.25. The zero-order chi connectivity index (χ0) is 25.4. The number of rotatable bonds is 10. The zero-order valence-electron chi connectivity index (χ0n) is 20.6. The van der Waals surface area contributed by atoms with Crippen LogP contribution in [-0.2, 0) is 22.6 Å². The molecule has 0 unspecified atom stereocenters. The van der Waals surface area contributed by atoms with E-state index in [1.54, 1.807) is 24.4 Å². The molecule has 0 fully saturated rings. The van der Waals surface area contributed by atoms with E-state index in [-0.39, 0.29) is 6.54 Å². The van der Waals surface area contributed by atoms with E-state index in [1.165, 1.54) is 0 Å². The summed E-state index contributed by atoms with van der Waals surface area (Å²) in [6.07, 6.45) is 8.92. The minimum atomic E-state index is -0.866. The second-order valence-electron chi connectivity index (χ2n) is 9.63. The molecule has 0 spiro atoms. The average molecular weight is 482 g/mol. The van der Waals surface area contributed by atoms with Crippen LogP contribution >= 0.6 is 0 Å². The molecule has 2 aromatic rings.